The highest BCUT2D eigenvalue weighted by Crippen LogP contribution is 2.23. The Morgan fingerprint density at radius 2 is 2.10 bits per heavy atom. The van der Waals surface area contributed by atoms with E-state index in [0.717, 1.165) is 16.4 Å². The normalized spacial score (nSPS) is 10.5. The molecule has 0 amide bonds. The summed E-state index contributed by atoms with van der Waals surface area (Å²) in [6.45, 7) is 1.14. The van der Waals surface area contributed by atoms with Crippen LogP contribution in [0.2, 0.25) is 4.34 Å². The van der Waals surface area contributed by atoms with Gasteiger partial charge in [-0.3, -0.25) is 4.90 Å². The van der Waals surface area contributed by atoms with Crippen LogP contribution in [0, 0.1) is 17.7 Å². The van der Waals surface area contributed by atoms with Crippen molar-refractivity contribution >= 4 is 22.9 Å². The number of aliphatic hydroxyl groups is 1. The van der Waals surface area contributed by atoms with Crippen molar-refractivity contribution in [2.24, 2.45) is 0 Å². The second-order valence-electron chi connectivity index (χ2n) is 4.69. The van der Waals surface area contributed by atoms with Crippen LogP contribution < -0.4 is 0 Å². The Labute approximate surface area is 132 Å². The molecule has 0 radical (unpaired) electrons. The number of thiophene rings is 1. The van der Waals surface area contributed by atoms with E-state index in [0.29, 0.717) is 12.1 Å². The SMILES string of the molecule is CN(Cc1cc(F)cc(C#CCO)c1)Cc1ccc(Cl)s1. The minimum absolute atomic E-state index is 0.231. The summed E-state index contributed by atoms with van der Waals surface area (Å²) in [6.07, 6.45) is 0. The minimum atomic E-state index is -0.317. The molecule has 0 aliphatic carbocycles. The van der Waals surface area contributed by atoms with E-state index < -0.39 is 0 Å². The van der Waals surface area contributed by atoms with E-state index in [-0.39, 0.29) is 12.4 Å². The van der Waals surface area contributed by atoms with Gasteiger partial charge in [-0.05, 0) is 42.9 Å². The summed E-state index contributed by atoms with van der Waals surface area (Å²) in [6, 6.07) is 8.57. The lowest BCUT2D eigenvalue weighted by atomic mass is 10.1. The molecular weight excluding hydrogens is 309 g/mol. The van der Waals surface area contributed by atoms with Crippen molar-refractivity contribution in [1.82, 2.24) is 4.90 Å². The van der Waals surface area contributed by atoms with Gasteiger partial charge >= 0.3 is 0 Å². The van der Waals surface area contributed by atoms with Crippen molar-refractivity contribution in [2.45, 2.75) is 13.1 Å². The van der Waals surface area contributed by atoms with Crippen LogP contribution in [0.5, 0.6) is 0 Å². The number of halogens is 2. The van der Waals surface area contributed by atoms with Crippen molar-refractivity contribution in [1.29, 1.82) is 0 Å². The molecule has 1 aromatic heterocycles. The van der Waals surface area contributed by atoms with Crippen molar-refractivity contribution in [3.8, 4) is 11.8 Å². The fourth-order valence-corrected chi connectivity index (χ4v) is 3.19. The van der Waals surface area contributed by atoms with Gasteiger partial charge in [0, 0.05) is 23.5 Å². The number of benzene rings is 1. The van der Waals surface area contributed by atoms with Gasteiger partial charge in [-0.1, -0.05) is 23.4 Å². The van der Waals surface area contributed by atoms with Crippen LogP contribution in [0.3, 0.4) is 0 Å². The Balaban J connectivity index is 2.06. The standard InChI is InChI=1S/C16H15ClFNOS/c1-19(11-15-4-5-16(17)21-15)10-13-7-12(3-2-6-20)8-14(18)9-13/h4-5,7-9,20H,6,10-11H2,1H3. The van der Waals surface area contributed by atoms with Crippen molar-refractivity contribution in [3.63, 3.8) is 0 Å². The number of hydrogen-bond donors (Lipinski definition) is 1. The molecule has 0 unspecified atom stereocenters. The Bertz CT molecular complexity index is 674. The molecule has 0 saturated carbocycles. The molecule has 1 heterocycles. The maximum atomic E-state index is 13.6. The number of nitrogens with zero attached hydrogens (tertiary/aromatic N) is 1. The third-order valence-corrected chi connectivity index (χ3v) is 3.99. The Morgan fingerprint density at radius 1 is 1.29 bits per heavy atom. The minimum Gasteiger partial charge on any atom is -0.384 e. The van der Waals surface area contributed by atoms with Crippen LogP contribution in [0.4, 0.5) is 4.39 Å². The van der Waals surface area contributed by atoms with Gasteiger partial charge in [0.15, 0.2) is 0 Å². The highest BCUT2D eigenvalue weighted by molar-refractivity contribution is 7.16. The molecule has 2 nitrogen and oxygen atoms in total. The molecule has 0 saturated heterocycles. The lowest BCUT2D eigenvalue weighted by Gasteiger charge is -2.16. The largest absolute Gasteiger partial charge is 0.384 e. The second kappa shape index (κ2) is 7.58. The average Bonchev–Trinajstić information content (AvgIpc) is 2.80. The summed E-state index contributed by atoms with van der Waals surface area (Å²) in [5.41, 5.74) is 1.43. The first-order valence-electron chi connectivity index (χ1n) is 6.39. The molecule has 2 rings (SSSR count). The summed E-state index contributed by atoms with van der Waals surface area (Å²) < 4.78 is 14.3. The van der Waals surface area contributed by atoms with Crippen LogP contribution >= 0.6 is 22.9 Å². The van der Waals surface area contributed by atoms with E-state index in [2.05, 4.69) is 16.7 Å². The zero-order valence-corrected chi connectivity index (χ0v) is 13.1. The number of aliphatic hydroxyl groups excluding tert-OH is 1. The van der Waals surface area contributed by atoms with Crippen molar-refractivity contribution in [3.05, 3.63) is 56.5 Å². The van der Waals surface area contributed by atoms with E-state index in [1.165, 1.54) is 17.0 Å². The predicted octanol–water partition coefficient (Wildman–Crippen LogP) is 3.52. The van der Waals surface area contributed by atoms with Gasteiger partial charge in [-0.25, -0.2) is 4.39 Å². The molecule has 0 bridgehead atoms. The zero-order valence-electron chi connectivity index (χ0n) is 11.6. The number of hydrogen-bond acceptors (Lipinski definition) is 3. The van der Waals surface area contributed by atoms with Gasteiger partial charge in [-0.2, -0.15) is 0 Å². The highest BCUT2D eigenvalue weighted by Gasteiger charge is 2.06. The first-order valence-corrected chi connectivity index (χ1v) is 7.58. The van der Waals surface area contributed by atoms with E-state index in [1.54, 1.807) is 11.3 Å². The van der Waals surface area contributed by atoms with Crippen LogP contribution in [-0.2, 0) is 13.1 Å². The Morgan fingerprint density at radius 3 is 2.76 bits per heavy atom. The van der Waals surface area contributed by atoms with E-state index in [1.807, 2.05) is 25.2 Å². The summed E-state index contributed by atoms with van der Waals surface area (Å²) >= 11 is 7.45. The molecule has 1 N–H and O–H groups in total. The zero-order chi connectivity index (χ0) is 15.2. The van der Waals surface area contributed by atoms with Crippen LogP contribution in [-0.4, -0.2) is 23.7 Å². The molecular formula is C16H15ClFNOS. The second-order valence-corrected chi connectivity index (χ2v) is 6.49. The van der Waals surface area contributed by atoms with Gasteiger partial charge in [0.05, 0.1) is 4.34 Å². The monoisotopic (exact) mass is 323 g/mol. The Hall–Kier alpha value is -1.38. The van der Waals surface area contributed by atoms with Gasteiger partial charge in [0.1, 0.15) is 12.4 Å². The Kier molecular flexibility index (Phi) is 5.77. The molecule has 0 aliphatic rings. The average molecular weight is 324 g/mol. The fraction of sp³-hybridized carbons (Fsp3) is 0.250. The van der Waals surface area contributed by atoms with Crippen molar-refractivity contribution in [2.75, 3.05) is 13.7 Å². The van der Waals surface area contributed by atoms with Crippen LogP contribution in [0.15, 0.2) is 30.3 Å². The lowest BCUT2D eigenvalue weighted by Crippen LogP contribution is -2.16. The summed E-state index contributed by atoms with van der Waals surface area (Å²) in [4.78, 5) is 3.25. The summed E-state index contributed by atoms with van der Waals surface area (Å²) in [7, 11) is 1.97. The topological polar surface area (TPSA) is 23.5 Å². The summed E-state index contributed by atoms with van der Waals surface area (Å²) in [5, 5.41) is 8.69. The van der Waals surface area contributed by atoms with Gasteiger partial charge in [0.2, 0.25) is 0 Å². The van der Waals surface area contributed by atoms with E-state index in [4.69, 9.17) is 16.7 Å². The highest BCUT2D eigenvalue weighted by atomic mass is 35.5. The molecule has 0 spiro atoms. The molecule has 2 aromatic rings. The number of rotatable bonds is 4. The van der Waals surface area contributed by atoms with E-state index in [9.17, 15) is 4.39 Å². The lowest BCUT2D eigenvalue weighted by molar-refractivity contribution is 0.321. The van der Waals surface area contributed by atoms with Gasteiger partial charge < -0.3 is 5.11 Å². The third kappa shape index (κ3) is 5.14. The van der Waals surface area contributed by atoms with Crippen LogP contribution in [0.1, 0.15) is 16.0 Å². The summed E-state index contributed by atoms with van der Waals surface area (Å²) in [5.74, 6) is 4.94. The molecule has 5 heteroatoms. The molecule has 0 aliphatic heterocycles. The smallest absolute Gasteiger partial charge is 0.124 e. The van der Waals surface area contributed by atoms with Gasteiger partial charge in [-0.15, -0.1) is 11.3 Å². The quantitative estimate of drug-likeness (QED) is 0.870. The third-order valence-electron chi connectivity index (χ3n) is 2.78. The maximum Gasteiger partial charge on any atom is 0.124 e. The molecule has 0 fully saturated rings. The molecule has 21 heavy (non-hydrogen) atoms. The maximum absolute atomic E-state index is 13.6. The first-order chi connectivity index (χ1) is 10.1. The van der Waals surface area contributed by atoms with Crippen molar-refractivity contribution < 1.29 is 9.50 Å². The van der Waals surface area contributed by atoms with Crippen LogP contribution in [0.25, 0.3) is 0 Å². The fourth-order valence-electron chi connectivity index (χ4n) is 2.03. The van der Waals surface area contributed by atoms with Gasteiger partial charge in [0.25, 0.3) is 0 Å². The molecule has 1 aromatic carbocycles. The molecule has 0 atom stereocenters. The predicted molar refractivity (Wildman–Crippen MR) is 84.9 cm³/mol. The molecule has 110 valence electrons. The first kappa shape index (κ1) is 16.0. The van der Waals surface area contributed by atoms with E-state index >= 15 is 0 Å².